The largest absolute Gasteiger partial charge is 0.504 e. The number of aliphatic carboxylic acids is 2. The molecule has 8 N–H and O–H groups in total. The topological polar surface area (TPSA) is 188 Å². The number of hydrogen-bond acceptors (Lipinski definition) is 8. The Hall–Kier alpha value is -2.40. The number of benzene rings is 1. The Morgan fingerprint density at radius 2 is 1.44 bits per heavy atom. The molecule has 0 aliphatic carbocycles. The molecule has 142 valence electrons. The zero-order valence-corrected chi connectivity index (χ0v) is 13.7. The average Bonchev–Trinajstić information content (AvgIpc) is 2.53. The molecule has 0 bridgehead atoms. The zero-order valence-electron chi connectivity index (χ0n) is 13.7. The van der Waals surface area contributed by atoms with E-state index in [-0.39, 0.29) is 11.5 Å². The van der Waals surface area contributed by atoms with Crippen molar-refractivity contribution in [1.82, 2.24) is 5.32 Å². The van der Waals surface area contributed by atoms with E-state index in [4.69, 9.17) is 25.5 Å². The normalized spacial score (nSPS) is 14.2. The zero-order chi connectivity index (χ0) is 19.7. The van der Waals surface area contributed by atoms with Gasteiger partial charge in [-0.05, 0) is 17.7 Å². The number of rotatable bonds is 7. The molecule has 1 rings (SSSR count). The number of aliphatic hydroxyl groups excluding tert-OH is 3. The summed E-state index contributed by atoms with van der Waals surface area (Å²) in [5, 5.41) is 63.7. The lowest BCUT2D eigenvalue weighted by atomic mass is 10.1. The van der Waals surface area contributed by atoms with Gasteiger partial charge in [-0.15, -0.1) is 0 Å². The summed E-state index contributed by atoms with van der Waals surface area (Å²) >= 11 is 0. The van der Waals surface area contributed by atoms with Gasteiger partial charge >= 0.3 is 11.9 Å². The van der Waals surface area contributed by atoms with Crippen molar-refractivity contribution in [2.75, 3.05) is 6.54 Å². The van der Waals surface area contributed by atoms with Gasteiger partial charge < -0.3 is 41.1 Å². The van der Waals surface area contributed by atoms with Gasteiger partial charge in [0.2, 0.25) is 0 Å². The van der Waals surface area contributed by atoms with Gasteiger partial charge in [-0.1, -0.05) is 19.9 Å². The maximum Gasteiger partial charge on any atom is 0.335 e. The van der Waals surface area contributed by atoms with E-state index in [2.05, 4.69) is 5.32 Å². The maximum atomic E-state index is 9.77. The Labute approximate surface area is 143 Å². The van der Waals surface area contributed by atoms with Crippen LogP contribution in [0, 0.1) is 0 Å². The number of phenols is 2. The molecule has 0 spiro atoms. The molecule has 0 fully saturated rings. The first-order chi connectivity index (χ1) is 11.5. The summed E-state index contributed by atoms with van der Waals surface area (Å²) in [5.41, 5.74) is 0.582. The summed E-state index contributed by atoms with van der Waals surface area (Å²) in [7, 11) is 0. The molecule has 0 amide bonds. The van der Waals surface area contributed by atoms with Crippen molar-refractivity contribution in [2.24, 2.45) is 0 Å². The first kappa shape index (κ1) is 22.6. The van der Waals surface area contributed by atoms with Crippen LogP contribution in [-0.2, 0) is 9.59 Å². The molecular weight excluding hydrogens is 338 g/mol. The predicted molar refractivity (Wildman–Crippen MR) is 85.2 cm³/mol. The number of nitrogens with one attached hydrogen (secondary N) is 1. The second-order valence-corrected chi connectivity index (χ2v) is 5.39. The van der Waals surface area contributed by atoms with Gasteiger partial charge in [0, 0.05) is 12.6 Å². The maximum absolute atomic E-state index is 9.77. The second kappa shape index (κ2) is 10.5. The van der Waals surface area contributed by atoms with Crippen LogP contribution in [0.1, 0.15) is 25.5 Å². The highest BCUT2D eigenvalue weighted by molar-refractivity contribution is 5.83. The van der Waals surface area contributed by atoms with E-state index >= 15 is 0 Å². The van der Waals surface area contributed by atoms with Crippen molar-refractivity contribution in [3.05, 3.63) is 23.8 Å². The average molecular weight is 361 g/mol. The predicted octanol–water partition coefficient (Wildman–Crippen LogP) is -0.993. The van der Waals surface area contributed by atoms with Crippen LogP contribution in [0.2, 0.25) is 0 Å². The molecule has 0 radical (unpaired) electrons. The van der Waals surface area contributed by atoms with E-state index in [1.54, 1.807) is 6.07 Å². The summed E-state index contributed by atoms with van der Waals surface area (Å²) < 4.78 is 0. The lowest BCUT2D eigenvalue weighted by Crippen LogP contribution is -2.39. The lowest BCUT2D eigenvalue weighted by Gasteiger charge is -2.14. The van der Waals surface area contributed by atoms with Crippen LogP contribution in [0.25, 0.3) is 0 Å². The summed E-state index contributed by atoms with van der Waals surface area (Å²) in [5.74, 6) is -3.93. The molecule has 0 aliphatic rings. The molecule has 1 aromatic carbocycles. The molecule has 3 atom stereocenters. The Morgan fingerprint density at radius 1 is 0.960 bits per heavy atom. The standard InChI is InChI=1S/C11H17NO3.C4H6O6/c1-7(2)12-6-11(15)8-3-4-9(13)10(14)5-8;5-1(3(7)8)2(6)4(9)10/h3-5,7,11-15H,6H2,1-2H3;1-2,5-6H,(H,7,8)(H,9,10)/t11-;1-,2-/m11/s1. The van der Waals surface area contributed by atoms with Gasteiger partial charge in [-0.25, -0.2) is 9.59 Å². The minimum absolute atomic E-state index is 0.178. The van der Waals surface area contributed by atoms with Crippen molar-refractivity contribution in [1.29, 1.82) is 0 Å². The minimum Gasteiger partial charge on any atom is -0.504 e. The Kier molecular flexibility index (Phi) is 9.46. The third-order valence-electron chi connectivity index (χ3n) is 2.91. The van der Waals surface area contributed by atoms with Crippen molar-refractivity contribution < 1.29 is 45.3 Å². The molecule has 0 heterocycles. The van der Waals surface area contributed by atoms with Crippen LogP contribution in [-0.4, -0.2) is 72.5 Å². The molecule has 10 nitrogen and oxygen atoms in total. The number of hydrogen-bond donors (Lipinski definition) is 8. The molecule has 0 saturated heterocycles. The van der Waals surface area contributed by atoms with Crippen LogP contribution in [0.5, 0.6) is 11.5 Å². The molecule has 0 aromatic heterocycles. The van der Waals surface area contributed by atoms with Gasteiger partial charge in [-0.3, -0.25) is 0 Å². The van der Waals surface area contributed by atoms with Gasteiger partial charge in [-0.2, -0.15) is 0 Å². The fourth-order valence-electron chi connectivity index (χ4n) is 1.48. The number of aliphatic hydroxyl groups is 3. The number of aromatic hydroxyl groups is 2. The van der Waals surface area contributed by atoms with E-state index in [9.17, 15) is 19.8 Å². The third kappa shape index (κ3) is 8.31. The molecule has 1 aromatic rings. The van der Waals surface area contributed by atoms with Crippen molar-refractivity contribution in [3.63, 3.8) is 0 Å². The monoisotopic (exact) mass is 361 g/mol. The fourth-order valence-corrected chi connectivity index (χ4v) is 1.48. The summed E-state index contributed by atoms with van der Waals surface area (Å²) in [6, 6.07) is 4.61. The SMILES string of the molecule is CC(C)NC[C@@H](O)c1ccc(O)c(O)c1.O=C(O)[C@H](O)[C@@H](O)C(=O)O. The van der Waals surface area contributed by atoms with Gasteiger partial charge in [0.05, 0.1) is 6.10 Å². The van der Waals surface area contributed by atoms with Gasteiger partial charge in [0.1, 0.15) is 0 Å². The fraction of sp³-hybridized carbons (Fsp3) is 0.467. The van der Waals surface area contributed by atoms with Crippen LogP contribution < -0.4 is 5.32 Å². The van der Waals surface area contributed by atoms with E-state index in [1.165, 1.54) is 12.1 Å². The van der Waals surface area contributed by atoms with Gasteiger partial charge in [0.25, 0.3) is 0 Å². The van der Waals surface area contributed by atoms with E-state index in [0.29, 0.717) is 18.2 Å². The lowest BCUT2D eigenvalue weighted by molar-refractivity contribution is -0.165. The van der Waals surface area contributed by atoms with Crippen molar-refractivity contribution in [3.8, 4) is 11.5 Å². The number of carbonyl (C=O) groups is 2. The molecule has 0 aliphatic heterocycles. The van der Waals surface area contributed by atoms with E-state index in [0.717, 1.165) is 0 Å². The van der Waals surface area contributed by atoms with Crippen molar-refractivity contribution in [2.45, 2.75) is 38.2 Å². The molecule has 0 unspecified atom stereocenters. The first-order valence-electron chi connectivity index (χ1n) is 7.22. The summed E-state index contributed by atoms with van der Waals surface area (Å²) in [4.78, 5) is 19.5. The highest BCUT2D eigenvalue weighted by Gasteiger charge is 2.29. The van der Waals surface area contributed by atoms with Gasteiger partial charge in [0.15, 0.2) is 23.7 Å². The first-order valence-corrected chi connectivity index (χ1v) is 7.22. The van der Waals surface area contributed by atoms with Crippen LogP contribution in [0.3, 0.4) is 0 Å². The minimum atomic E-state index is -2.27. The van der Waals surface area contributed by atoms with Crippen LogP contribution in [0.4, 0.5) is 0 Å². The Bertz CT molecular complexity index is 558. The quantitative estimate of drug-likeness (QED) is 0.280. The van der Waals surface area contributed by atoms with Crippen LogP contribution in [0.15, 0.2) is 18.2 Å². The van der Waals surface area contributed by atoms with Crippen LogP contribution >= 0.6 is 0 Å². The Morgan fingerprint density at radius 3 is 1.80 bits per heavy atom. The van der Waals surface area contributed by atoms with E-state index in [1.807, 2.05) is 13.8 Å². The number of phenolic OH excluding ortho intramolecular Hbond substituents is 2. The highest BCUT2D eigenvalue weighted by Crippen LogP contribution is 2.27. The number of carboxylic acids is 2. The Balaban J connectivity index is 0.000000504. The second-order valence-electron chi connectivity index (χ2n) is 5.39. The molecular formula is C15H23NO9. The van der Waals surface area contributed by atoms with E-state index < -0.39 is 30.3 Å². The molecule has 25 heavy (non-hydrogen) atoms. The number of carboxylic acid groups (broad SMARTS) is 2. The molecule has 0 saturated carbocycles. The molecule has 10 heteroatoms. The third-order valence-corrected chi connectivity index (χ3v) is 2.91. The highest BCUT2D eigenvalue weighted by atomic mass is 16.4. The summed E-state index contributed by atoms with van der Waals surface area (Å²) in [6.45, 7) is 4.39. The van der Waals surface area contributed by atoms with Crippen molar-refractivity contribution >= 4 is 11.9 Å². The smallest absolute Gasteiger partial charge is 0.335 e. The summed E-state index contributed by atoms with van der Waals surface area (Å²) in [6.07, 6.45) is -5.21.